The molecule has 0 radical (unpaired) electrons. The largest absolute Gasteiger partial charge is 0.461 e. The fraction of sp³-hybridized carbons (Fsp3) is 0.487. The molecule has 0 bridgehead atoms. The molecule has 10 nitrogen and oxygen atoms in total. The number of nitrogens with one attached hydrogen (secondary N) is 1. The van der Waals surface area contributed by atoms with Crippen LogP contribution in [0.1, 0.15) is 61.4 Å². The van der Waals surface area contributed by atoms with Crippen LogP contribution in [0.3, 0.4) is 0 Å². The summed E-state index contributed by atoms with van der Waals surface area (Å²) in [7, 11) is 0. The molecule has 5 atom stereocenters. The topological polar surface area (TPSA) is 107 Å². The third kappa shape index (κ3) is 7.09. The van der Waals surface area contributed by atoms with Crippen LogP contribution in [-0.2, 0) is 24.1 Å². The van der Waals surface area contributed by atoms with Gasteiger partial charge in [-0.2, -0.15) is 9.97 Å². The molecule has 2 fully saturated rings. The van der Waals surface area contributed by atoms with Crippen LogP contribution in [0.25, 0.3) is 0 Å². The third-order valence-electron chi connectivity index (χ3n) is 10.8. The molecule has 268 valence electrons. The van der Waals surface area contributed by atoms with Gasteiger partial charge >= 0.3 is 6.01 Å². The lowest BCUT2D eigenvalue weighted by Crippen LogP contribution is -2.48. The highest BCUT2D eigenvalue weighted by Crippen LogP contribution is 2.40. The Kier molecular flexibility index (Phi) is 9.84. The SMILES string of the molecule is C#Cc1c(F)ccc2c1N([C@H]1CCc3c(nc(OC[C@]4(C)C[C@@H](F)CN4c4ccncc4)nc3N3CCCCC(NC(=O)C=C)C3)C1)C[C@H](O)C2. The molecule has 5 heterocycles. The van der Waals surface area contributed by atoms with E-state index in [2.05, 4.69) is 32.6 Å². The fourth-order valence-corrected chi connectivity index (χ4v) is 8.44. The number of rotatable bonds is 8. The Hall–Kier alpha value is -4.76. The van der Waals surface area contributed by atoms with Crippen LogP contribution < -0.4 is 24.8 Å². The average molecular weight is 698 g/mol. The summed E-state index contributed by atoms with van der Waals surface area (Å²) in [5.41, 5.74) is 3.75. The predicted octanol–water partition coefficient (Wildman–Crippen LogP) is 4.32. The van der Waals surface area contributed by atoms with Crippen molar-refractivity contribution in [2.24, 2.45) is 0 Å². The van der Waals surface area contributed by atoms with E-state index in [0.29, 0.717) is 38.0 Å². The number of hydrogen-bond acceptors (Lipinski definition) is 9. The van der Waals surface area contributed by atoms with E-state index in [0.717, 1.165) is 60.6 Å². The van der Waals surface area contributed by atoms with E-state index in [9.17, 15) is 14.3 Å². The predicted molar refractivity (Wildman–Crippen MR) is 192 cm³/mol. The molecule has 1 amide bonds. The van der Waals surface area contributed by atoms with Gasteiger partial charge in [0, 0.05) is 81.2 Å². The summed E-state index contributed by atoms with van der Waals surface area (Å²) < 4.78 is 36.4. The molecule has 51 heavy (non-hydrogen) atoms. The number of terminal acetylenes is 1. The summed E-state index contributed by atoms with van der Waals surface area (Å²) in [4.78, 5) is 32.7. The van der Waals surface area contributed by atoms with Gasteiger partial charge < -0.3 is 29.9 Å². The summed E-state index contributed by atoms with van der Waals surface area (Å²) in [6, 6.07) is 6.85. The first-order valence-electron chi connectivity index (χ1n) is 17.9. The number of nitrogens with zero attached hydrogens (tertiary/aromatic N) is 6. The number of aliphatic hydroxyl groups is 1. The van der Waals surface area contributed by atoms with E-state index >= 15 is 4.39 Å². The monoisotopic (exact) mass is 697 g/mol. The van der Waals surface area contributed by atoms with Gasteiger partial charge in [0.25, 0.3) is 0 Å². The van der Waals surface area contributed by atoms with Gasteiger partial charge in [0.2, 0.25) is 5.91 Å². The van der Waals surface area contributed by atoms with E-state index in [1.54, 1.807) is 18.5 Å². The number of benzene rings is 1. The van der Waals surface area contributed by atoms with E-state index in [-0.39, 0.29) is 49.1 Å². The number of alkyl halides is 1. The Morgan fingerprint density at radius 2 is 2.00 bits per heavy atom. The lowest BCUT2D eigenvalue weighted by atomic mass is 9.87. The van der Waals surface area contributed by atoms with Gasteiger partial charge in [-0.3, -0.25) is 9.78 Å². The van der Waals surface area contributed by atoms with E-state index < -0.39 is 23.6 Å². The summed E-state index contributed by atoms with van der Waals surface area (Å²) in [6.45, 7) is 7.67. The van der Waals surface area contributed by atoms with Crippen LogP contribution in [-0.4, -0.2) is 88.6 Å². The van der Waals surface area contributed by atoms with Gasteiger partial charge in [0.1, 0.15) is 24.4 Å². The number of ether oxygens (including phenoxy) is 1. The van der Waals surface area contributed by atoms with Crippen molar-refractivity contribution in [2.45, 2.75) is 88.2 Å². The molecule has 1 aliphatic carbocycles. The zero-order valence-corrected chi connectivity index (χ0v) is 29.0. The van der Waals surface area contributed by atoms with Gasteiger partial charge in [0.15, 0.2) is 0 Å². The number of amides is 1. The Morgan fingerprint density at radius 3 is 2.78 bits per heavy atom. The molecule has 1 unspecified atom stereocenters. The van der Waals surface area contributed by atoms with E-state index in [4.69, 9.17) is 21.1 Å². The second kappa shape index (κ2) is 14.5. The molecule has 7 rings (SSSR count). The summed E-state index contributed by atoms with van der Waals surface area (Å²) in [6.07, 6.45) is 14.2. The lowest BCUT2D eigenvalue weighted by Gasteiger charge is -2.42. The molecule has 3 aromatic rings. The van der Waals surface area contributed by atoms with E-state index in [1.807, 2.05) is 24.0 Å². The maximum Gasteiger partial charge on any atom is 0.318 e. The molecule has 12 heteroatoms. The Balaban J connectivity index is 1.23. The van der Waals surface area contributed by atoms with Crippen LogP contribution >= 0.6 is 0 Å². The second-order valence-corrected chi connectivity index (χ2v) is 14.5. The molecule has 3 aliphatic heterocycles. The number of pyridine rings is 1. The fourth-order valence-electron chi connectivity index (χ4n) is 8.44. The highest BCUT2D eigenvalue weighted by molar-refractivity contribution is 5.87. The average Bonchev–Trinajstić information content (AvgIpc) is 3.27. The van der Waals surface area contributed by atoms with E-state index in [1.165, 1.54) is 12.1 Å². The van der Waals surface area contributed by atoms with Crippen molar-refractivity contribution in [1.82, 2.24) is 20.3 Å². The molecular formula is C39H45F2N7O3. The molecule has 4 aliphatic rings. The molecule has 2 saturated heterocycles. The van der Waals surface area contributed by atoms with Crippen molar-refractivity contribution in [3.05, 3.63) is 77.5 Å². The van der Waals surface area contributed by atoms with Crippen molar-refractivity contribution >= 4 is 23.1 Å². The van der Waals surface area contributed by atoms with Crippen LogP contribution in [0.15, 0.2) is 49.3 Å². The minimum absolute atomic E-state index is 0.0828. The number of hydrogen-bond donors (Lipinski definition) is 2. The van der Waals surface area contributed by atoms with Gasteiger partial charge in [0.05, 0.1) is 28.6 Å². The maximum atomic E-state index is 15.0. The van der Waals surface area contributed by atoms with Crippen molar-refractivity contribution in [1.29, 1.82) is 0 Å². The highest BCUT2D eigenvalue weighted by Gasteiger charge is 2.44. The summed E-state index contributed by atoms with van der Waals surface area (Å²) >= 11 is 0. The zero-order chi connectivity index (χ0) is 35.7. The molecular weight excluding hydrogens is 652 g/mol. The first-order chi connectivity index (χ1) is 24.7. The molecule has 1 aromatic carbocycles. The summed E-state index contributed by atoms with van der Waals surface area (Å²) in [5.74, 6) is 2.67. The van der Waals surface area contributed by atoms with Crippen molar-refractivity contribution in [2.75, 3.05) is 47.5 Å². The van der Waals surface area contributed by atoms with Gasteiger partial charge in [-0.15, -0.1) is 6.42 Å². The number of anilines is 3. The minimum Gasteiger partial charge on any atom is -0.461 e. The van der Waals surface area contributed by atoms with Gasteiger partial charge in [-0.05, 0) is 68.9 Å². The first-order valence-corrected chi connectivity index (χ1v) is 17.9. The molecule has 0 spiro atoms. The summed E-state index contributed by atoms with van der Waals surface area (Å²) in [5, 5.41) is 14.0. The van der Waals surface area contributed by atoms with Crippen LogP contribution in [0.2, 0.25) is 0 Å². The Bertz CT molecular complexity index is 1820. The number of fused-ring (bicyclic) bond motifs is 2. The number of aliphatic hydroxyl groups excluding tert-OH is 1. The Labute approximate surface area is 297 Å². The molecule has 0 saturated carbocycles. The number of aromatic nitrogens is 3. The minimum atomic E-state index is -1.02. The lowest BCUT2D eigenvalue weighted by molar-refractivity contribution is -0.117. The number of carbonyl (C=O) groups excluding carboxylic acids is 1. The number of β-amino-alcohol motifs (C(OH)–C–C–N with tert-alkyl or cyclic N) is 1. The first kappa shape index (κ1) is 34.7. The van der Waals surface area contributed by atoms with Crippen LogP contribution in [0, 0.1) is 18.2 Å². The third-order valence-corrected chi connectivity index (χ3v) is 10.8. The standard InChI is InChI=1S/C39H45F2N7O3/c1-4-31-33(41)12-9-25-18-30(49)23-47(36(25)31)29-10-11-32-34(19-29)44-38(45-37(32)46-17-7-6-8-27(22-46)43-35(50)5-2)51-24-39(3)20-26(40)21-48(39)28-13-15-42-16-14-28/h1,5,9,12-16,26-27,29-30,49H,2,6-8,10-11,17-24H2,3H3,(H,43,50)/t26-,27?,29+,30-,39+/m1/s1. The van der Waals surface area contributed by atoms with Crippen molar-refractivity contribution in [3.8, 4) is 18.4 Å². The van der Waals surface area contributed by atoms with Crippen molar-refractivity contribution < 1.29 is 23.4 Å². The maximum absolute atomic E-state index is 15.0. The normalized spacial score (nSPS) is 26.1. The quantitative estimate of drug-likeness (QED) is 0.263. The van der Waals surface area contributed by atoms with Crippen LogP contribution in [0.4, 0.5) is 26.0 Å². The number of carbonyl (C=O) groups is 1. The van der Waals surface area contributed by atoms with Gasteiger partial charge in [-0.1, -0.05) is 18.6 Å². The molecule has 2 aromatic heterocycles. The zero-order valence-electron chi connectivity index (χ0n) is 29.0. The van der Waals surface area contributed by atoms with Gasteiger partial charge in [-0.25, -0.2) is 8.78 Å². The number of halogens is 2. The van der Waals surface area contributed by atoms with Crippen molar-refractivity contribution in [3.63, 3.8) is 0 Å². The van der Waals surface area contributed by atoms with Crippen LogP contribution in [0.5, 0.6) is 6.01 Å². The highest BCUT2D eigenvalue weighted by atomic mass is 19.1. The Morgan fingerprint density at radius 1 is 1.18 bits per heavy atom. The molecule has 2 N–H and O–H groups in total. The smallest absolute Gasteiger partial charge is 0.318 e. The second-order valence-electron chi connectivity index (χ2n) is 14.5.